The van der Waals surface area contributed by atoms with Gasteiger partial charge in [0.15, 0.2) is 0 Å². The lowest BCUT2D eigenvalue weighted by Crippen LogP contribution is -2.52. The molecule has 0 aliphatic carbocycles. The molecule has 21 heavy (non-hydrogen) atoms. The second-order valence-corrected chi connectivity index (χ2v) is 6.39. The van der Waals surface area contributed by atoms with Crippen molar-refractivity contribution in [3.05, 3.63) is 0 Å². The molecule has 1 rings (SSSR count). The van der Waals surface area contributed by atoms with Crippen molar-refractivity contribution in [3.63, 3.8) is 0 Å². The molecule has 1 heterocycles. The summed E-state index contributed by atoms with van der Waals surface area (Å²) in [4.78, 5) is 15.0. The van der Waals surface area contributed by atoms with E-state index in [9.17, 15) is 9.90 Å². The van der Waals surface area contributed by atoms with Gasteiger partial charge in [-0.25, -0.2) is 0 Å². The minimum Gasteiger partial charge on any atom is -0.395 e. The number of unbranched alkanes of at least 4 members (excludes halogenated alkanes) is 3. The quantitative estimate of drug-likeness (QED) is 0.609. The van der Waals surface area contributed by atoms with E-state index in [0.29, 0.717) is 6.54 Å². The van der Waals surface area contributed by atoms with Crippen LogP contribution < -0.4 is 5.32 Å². The third-order valence-electron chi connectivity index (χ3n) is 4.59. The van der Waals surface area contributed by atoms with Crippen LogP contribution in [0.3, 0.4) is 0 Å². The van der Waals surface area contributed by atoms with Gasteiger partial charge >= 0.3 is 0 Å². The van der Waals surface area contributed by atoms with Gasteiger partial charge in [-0.05, 0) is 32.2 Å². The summed E-state index contributed by atoms with van der Waals surface area (Å²) < 4.78 is 0. The second kappa shape index (κ2) is 10.2. The average Bonchev–Trinajstić information content (AvgIpc) is 2.51. The number of nitrogens with zero attached hydrogens (tertiary/aromatic N) is 1. The van der Waals surface area contributed by atoms with E-state index in [2.05, 4.69) is 19.2 Å². The zero-order valence-electron chi connectivity index (χ0n) is 14.0. The molecule has 4 heteroatoms. The molecule has 0 spiro atoms. The summed E-state index contributed by atoms with van der Waals surface area (Å²) >= 11 is 0. The Labute approximate surface area is 130 Å². The molecule has 0 radical (unpaired) electrons. The molecule has 1 saturated heterocycles. The fourth-order valence-electron chi connectivity index (χ4n) is 3.45. The highest BCUT2D eigenvalue weighted by atomic mass is 16.3. The zero-order chi connectivity index (χ0) is 15.6. The Kier molecular flexibility index (Phi) is 8.93. The zero-order valence-corrected chi connectivity index (χ0v) is 14.0. The van der Waals surface area contributed by atoms with E-state index >= 15 is 0 Å². The monoisotopic (exact) mass is 298 g/mol. The molecule has 0 saturated carbocycles. The maximum absolute atomic E-state index is 13.0. The van der Waals surface area contributed by atoms with Gasteiger partial charge in [0.25, 0.3) is 0 Å². The molecule has 1 aliphatic heterocycles. The van der Waals surface area contributed by atoms with Crippen LogP contribution in [0.25, 0.3) is 0 Å². The molecular weight excluding hydrogens is 264 g/mol. The predicted molar refractivity (Wildman–Crippen MR) is 87.3 cm³/mol. The smallest absolute Gasteiger partial charge is 0.230 e. The Morgan fingerprint density at radius 1 is 1.19 bits per heavy atom. The lowest BCUT2D eigenvalue weighted by Gasteiger charge is -2.40. The normalized spacial score (nSPS) is 22.2. The number of carbonyl (C=O) groups excluding carboxylic acids is 1. The van der Waals surface area contributed by atoms with Crippen LogP contribution in [0.2, 0.25) is 0 Å². The van der Waals surface area contributed by atoms with Crippen molar-refractivity contribution < 1.29 is 9.90 Å². The molecule has 1 atom stereocenters. The Morgan fingerprint density at radius 3 is 2.57 bits per heavy atom. The summed E-state index contributed by atoms with van der Waals surface area (Å²) in [7, 11) is 0. The van der Waals surface area contributed by atoms with E-state index in [-0.39, 0.29) is 17.9 Å². The molecule has 0 aromatic carbocycles. The summed E-state index contributed by atoms with van der Waals surface area (Å²) in [6.07, 6.45) is 8.71. The molecule has 1 fully saturated rings. The highest BCUT2D eigenvalue weighted by molar-refractivity contribution is 5.83. The van der Waals surface area contributed by atoms with Gasteiger partial charge in [0.2, 0.25) is 5.91 Å². The van der Waals surface area contributed by atoms with Crippen molar-refractivity contribution in [2.24, 2.45) is 5.41 Å². The molecule has 1 amide bonds. The van der Waals surface area contributed by atoms with Crippen LogP contribution in [0.1, 0.15) is 65.2 Å². The molecule has 2 N–H and O–H groups in total. The molecule has 1 aliphatic rings. The van der Waals surface area contributed by atoms with Crippen LogP contribution in [-0.2, 0) is 4.79 Å². The van der Waals surface area contributed by atoms with E-state index < -0.39 is 0 Å². The number of piperidine rings is 1. The Hall–Kier alpha value is -0.610. The van der Waals surface area contributed by atoms with Crippen LogP contribution >= 0.6 is 0 Å². The number of hydrogen-bond donors (Lipinski definition) is 2. The van der Waals surface area contributed by atoms with E-state index in [0.717, 1.165) is 51.7 Å². The lowest BCUT2D eigenvalue weighted by molar-refractivity contribution is -0.144. The lowest BCUT2D eigenvalue weighted by atomic mass is 9.75. The van der Waals surface area contributed by atoms with E-state index in [1.54, 1.807) is 0 Å². The summed E-state index contributed by atoms with van der Waals surface area (Å²) in [6.45, 7) is 7.52. The number of rotatable bonds is 10. The summed E-state index contributed by atoms with van der Waals surface area (Å²) in [5.74, 6) is 0.266. The average molecular weight is 298 g/mol. The summed E-state index contributed by atoms with van der Waals surface area (Å²) in [6, 6.07) is 0. The molecule has 124 valence electrons. The van der Waals surface area contributed by atoms with Gasteiger partial charge in [-0.2, -0.15) is 0 Å². The van der Waals surface area contributed by atoms with Crippen molar-refractivity contribution in [1.29, 1.82) is 0 Å². The summed E-state index contributed by atoms with van der Waals surface area (Å²) in [5, 5.41) is 12.7. The minimum absolute atomic E-state index is 0.0646. The summed E-state index contributed by atoms with van der Waals surface area (Å²) in [5.41, 5.74) is -0.229. The third-order valence-corrected chi connectivity index (χ3v) is 4.59. The van der Waals surface area contributed by atoms with Crippen LogP contribution in [0, 0.1) is 5.41 Å². The van der Waals surface area contributed by atoms with Gasteiger partial charge in [0.1, 0.15) is 0 Å². The number of nitrogens with one attached hydrogen (secondary N) is 1. The Morgan fingerprint density at radius 2 is 2.00 bits per heavy atom. The first-order valence-corrected chi connectivity index (χ1v) is 8.81. The standard InChI is InChI=1S/C17H34N2O2/c1-3-5-6-7-12-19(13-14-20)16(21)17(9-4-2)10-8-11-18-15-17/h18,20H,3-15H2,1-2H3. The third kappa shape index (κ3) is 5.59. The van der Waals surface area contributed by atoms with E-state index in [4.69, 9.17) is 0 Å². The number of hydrogen-bond acceptors (Lipinski definition) is 3. The van der Waals surface area contributed by atoms with E-state index in [1.165, 1.54) is 19.3 Å². The minimum atomic E-state index is -0.229. The fourth-order valence-corrected chi connectivity index (χ4v) is 3.45. The van der Waals surface area contributed by atoms with E-state index in [1.807, 2.05) is 4.90 Å². The van der Waals surface area contributed by atoms with Crippen molar-refractivity contribution in [1.82, 2.24) is 10.2 Å². The maximum Gasteiger partial charge on any atom is 0.230 e. The van der Waals surface area contributed by atoms with Crippen molar-refractivity contribution in [2.45, 2.75) is 65.2 Å². The SMILES string of the molecule is CCCCCCN(CCO)C(=O)C1(CCC)CCCNC1. The maximum atomic E-state index is 13.0. The molecule has 0 bridgehead atoms. The molecule has 4 nitrogen and oxygen atoms in total. The topological polar surface area (TPSA) is 52.6 Å². The van der Waals surface area contributed by atoms with Crippen molar-refractivity contribution >= 4 is 5.91 Å². The molecule has 0 aromatic heterocycles. The highest BCUT2D eigenvalue weighted by Gasteiger charge is 2.40. The number of aliphatic hydroxyl groups is 1. The van der Waals surface area contributed by atoms with Crippen molar-refractivity contribution in [3.8, 4) is 0 Å². The Balaban J connectivity index is 2.66. The van der Waals surface area contributed by atoms with Gasteiger partial charge in [0.05, 0.1) is 12.0 Å². The van der Waals surface area contributed by atoms with Crippen LogP contribution in [0.15, 0.2) is 0 Å². The van der Waals surface area contributed by atoms with Gasteiger partial charge in [-0.3, -0.25) is 4.79 Å². The second-order valence-electron chi connectivity index (χ2n) is 6.39. The first-order valence-electron chi connectivity index (χ1n) is 8.81. The molecule has 0 aromatic rings. The van der Waals surface area contributed by atoms with Crippen LogP contribution in [-0.4, -0.2) is 48.7 Å². The molecule has 1 unspecified atom stereocenters. The van der Waals surface area contributed by atoms with Gasteiger partial charge in [-0.1, -0.05) is 39.5 Å². The largest absolute Gasteiger partial charge is 0.395 e. The number of aliphatic hydroxyl groups excluding tert-OH is 1. The number of carbonyl (C=O) groups is 1. The van der Waals surface area contributed by atoms with Gasteiger partial charge in [0, 0.05) is 19.6 Å². The predicted octanol–water partition coefficient (Wildman–Crippen LogP) is 2.56. The number of amides is 1. The first-order chi connectivity index (χ1) is 10.2. The Bertz CT molecular complexity index is 283. The molecular formula is C17H34N2O2. The van der Waals surface area contributed by atoms with Crippen LogP contribution in [0.4, 0.5) is 0 Å². The van der Waals surface area contributed by atoms with Gasteiger partial charge < -0.3 is 15.3 Å². The van der Waals surface area contributed by atoms with Gasteiger partial charge in [-0.15, -0.1) is 0 Å². The first kappa shape index (κ1) is 18.4. The highest BCUT2D eigenvalue weighted by Crippen LogP contribution is 2.34. The van der Waals surface area contributed by atoms with Crippen molar-refractivity contribution in [2.75, 3.05) is 32.8 Å². The fraction of sp³-hybridized carbons (Fsp3) is 0.941. The van der Waals surface area contributed by atoms with Crippen LogP contribution in [0.5, 0.6) is 0 Å².